The molecule has 152 valence electrons. The summed E-state index contributed by atoms with van der Waals surface area (Å²) in [6.07, 6.45) is 5.40. The van der Waals surface area contributed by atoms with Crippen molar-refractivity contribution in [2.45, 2.75) is 6.54 Å². The Morgan fingerprint density at radius 1 is 1.13 bits per heavy atom. The van der Waals surface area contributed by atoms with Crippen molar-refractivity contribution in [3.8, 4) is 22.8 Å². The van der Waals surface area contributed by atoms with Gasteiger partial charge in [-0.1, -0.05) is 12.1 Å². The molecule has 0 unspecified atom stereocenters. The van der Waals surface area contributed by atoms with E-state index in [1.807, 2.05) is 46.5 Å². The molecule has 0 aliphatic heterocycles. The Kier molecular flexibility index (Phi) is 5.76. The maximum Gasteiger partial charge on any atom is 0.257 e. The van der Waals surface area contributed by atoms with Gasteiger partial charge in [0.1, 0.15) is 11.5 Å². The van der Waals surface area contributed by atoms with Crippen LogP contribution in [0.3, 0.4) is 0 Å². The molecule has 0 atom stereocenters. The molecule has 0 spiro atoms. The highest BCUT2D eigenvalue weighted by atomic mass is 32.1. The Morgan fingerprint density at radius 2 is 1.97 bits per heavy atom. The summed E-state index contributed by atoms with van der Waals surface area (Å²) in [5.74, 6) is 1.19. The number of ether oxygens (including phenoxy) is 2. The third-order valence-corrected chi connectivity index (χ3v) is 5.31. The number of rotatable bonds is 7. The van der Waals surface area contributed by atoms with Crippen molar-refractivity contribution in [1.82, 2.24) is 14.5 Å². The summed E-state index contributed by atoms with van der Waals surface area (Å²) in [5.41, 5.74) is 3.17. The van der Waals surface area contributed by atoms with E-state index in [0.29, 0.717) is 34.4 Å². The minimum absolute atomic E-state index is 0.206. The SMILES string of the molecule is COc1ccc(OC)c(-c2csc(NC(=O)c3ccc(Cn4ccnc4)cc3)n2)c1. The molecule has 2 heterocycles. The highest BCUT2D eigenvalue weighted by Gasteiger charge is 2.14. The minimum atomic E-state index is -0.206. The van der Waals surface area contributed by atoms with Gasteiger partial charge in [-0.25, -0.2) is 9.97 Å². The van der Waals surface area contributed by atoms with E-state index in [4.69, 9.17) is 9.47 Å². The van der Waals surface area contributed by atoms with Crippen LogP contribution in [0, 0.1) is 0 Å². The fourth-order valence-corrected chi connectivity index (χ4v) is 3.70. The van der Waals surface area contributed by atoms with Crippen LogP contribution in [-0.4, -0.2) is 34.7 Å². The molecule has 7 nitrogen and oxygen atoms in total. The monoisotopic (exact) mass is 420 g/mol. The maximum atomic E-state index is 12.6. The third-order valence-electron chi connectivity index (χ3n) is 4.55. The van der Waals surface area contributed by atoms with Gasteiger partial charge in [-0.2, -0.15) is 0 Å². The Balaban J connectivity index is 1.47. The van der Waals surface area contributed by atoms with E-state index in [2.05, 4.69) is 15.3 Å². The average molecular weight is 420 g/mol. The first-order valence-corrected chi connectivity index (χ1v) is 10.1. The van der Waals surface area contributed by atoms with Gasteiger partial charge in [0.25, 0.3) is 5.91 Å². The molecule has 0 fully saturated rings. The average Bonchev–Trinajstić information content (AvgIpc) is 3.46. The van der Waals surface area contributed by atoms with Crippen molar-refractivity contribution in [3.63, 3.8) is 0 Å². The Labute approximate surface area is 177 Å². The molecule has 1 amide bonds. The second-order valence-corrected chi connectivity index (χ2v) is 7.35. The number of carbonyl (C=O) groups excluding carboxylic acids is 1. The molecule has 0 bridgehead atoms. The van der Waals surface area contributed by atoms with Crippen LogP contribution in [0.2, 0.25) is 0 Å². The van der Waals surface area contributed by atoms with Gasteiger partial charge in [0.05, 0.1) is 26.2 Å². The third kappa shape index (κ3) is 4.33. The Morgan fingerprint density at radius 3 is 2.67 bits per heavy atom. The summed E-state index contributed by atoms with van der Waals surface area (Å²) in [6, 6.07) is 13.0. The van der Waals surface area contributed by atoms with Crippen molar-refractivity contribution < 1.29 is 14.3 Å². The van der Waals surface area contributed by atoms with Gasteiger partial charge < -0.3 is 14.0 Å². The topological polar surface area (TPSA) is 78.3 Å². The van der Waals surface area contributed by atoms with E-state index in [1.54, 1.807) is 38.9 Å². The number of aromatic nitrogens is 3. The van der Waals surface area contributed by atoms with Crippen molar-refractivity contribution in [1.29, 1.82) is 0 Å². The number of nitrogens with one attached hydrogen (secondary N) is 1. The zero-order valence-electron chi connectivity index (χ0n) is 16.5. The first kappa shape index (κ1) is 19.7. The molecule has 2 aromatic heterocycles. The lowest BCUT2D eigenvalue weighted by Crippen LogP contribution is -2.11. The highest BCUT2D eigenvalue weighted by Crippen LogP contribution is 2.35. The lowest BCUT2D eigenvalue weighted by Gasteiger charge is -2.08. The van der Waals surface area contributed by atoms with Crippen LogP contribution in [0.5, 0.6) is 11.5 Å². The van der Waals surface area contributed by atoms with Gasteiger partial charge in [-0.3, -0.25) is 10.1 Å². The lowest BCUT2D eigenvalue weighted by atomic mass is 10.1. The predicted octanol–water partition coefficient (Wildman–Crippen LogP) is 4.32. The van der Waals surface area contributed by atoms with Crippen molar-refractivity contribution in [3.05, 3.63) is 77.7 Å². The molecule has 0 aliphatic rings. The predicted molar refractivity (Wildman–Crippen MR) is 116 cm³/mol. The van der Waals surface area contributed by atoms with Crippen LogP contribution in [0.4, 0.5) is 5.13 Å². The van der Waals surface area contributed by atoms with Crippen LogP contribution in [0.1, 0.15) is 15.9 Å². The first-order chi connectivity index (χ1) is 14.7. The fourth-order valence-electron chi connectivity index (χ4n) is 2.99. The van der Waals surface area contributed by atoms with Gasteiger partial charge in [0.15, 0.2) is 5.13 Å². The van der Waals surface area contributed by atoms with E-state index in [-0.39, 0.29) is 5.91 Å². The van der Waals surface area contributed by atoms with Crippen LogP contribution in [0.25, 0.3) is 11.3 Å². The van der Waals surface area contributed by atoms with Gasteiger partial charge in [-0.15, -0.1) is 11.3 Å². The minimum Gasteiger partial charge on any atom is -0.497 e. The van der Waals surface area contributed by atoms with Gasteiger partial charge in [0, 0.05) is 35.4 Å². The normalized spacial score (nSPS) is 10.6. The zero-order valence-corrected chi connectivity index (χ0v) is 17.3. The number of thiazole rings is 1. The second-order valence-electron chi connectivity index (χ2n) is 6.49. The number of nitrogens with zero attached hydrogens (tertiary/aromatic N) is 3. The second kappa shape index (κ2) is 8.79. The van der Waals surface area contributed by atoms with Crippen LogP contribution in [-0.2, 0) is 6.54 Å². The number of hydrogen-bond acceptors (Lipinski definition) is 6. The zero-order chi connectivity index (χ0) is 20.9. The van der Waals surface area contributed by atoms with E-state index in [0.717, 1.165) is 11.1 Å². The summed E-state index contributed by atoms with van der Waals surface area (Å²) in [6.45, 7) is 0.708. The molecular weight excluding hydrogens is 400 g/mol. The number of amides is 1. The molecule has 4 rings (SSSR count). The first-order valence-electron chi connectivity index (χ1n) is 9.20. The van der Waals surface area contributed by atoms with E-state index in [1.165, 1.54) is 11.3 Å². The van der Waals surface area contributed by atoms with Crippen LogP contribution in [0.15, 0.2) is 66.6 Å². The molecular formula is C22H20N4O3S. The number of methoxy groups -OCH3 is 2. The van der Waals surface area contributed by atoms with Crippen LogP contribution < -0.4 is 14.8 Å². The smallest absolute Gasteiger partial charge is 0.257 e. The molecule has 0 saturated carbocycles. The largest absolute Gasteiger partial charge is 0.497 e. The quantitative estimate of drug-likeness (QED) is 0.482. The van der Waals surface area contributed by atoms with E-state index >= 15 is 0 Å². The fraction of sp³-hybridized carbons (Fsp3) is 0.136. The van der Waals surface area contributed by atoms with Gasteiger partial charge in [0.2, 0.25) is 0 Å². The molecule has 2 aromatic carbocycles. The number of benzene rings is 2. The molecule has 0 radical (unpaired) electrons. The number of carbonyl (C=O) groups is 1. The number of hydrogen-bond donors (Lipinski definition) is 1. The van der Waals surface area contributed by atoms with Crippen molar-refractivity contribution in [2.24, 2.45) is 0 Å². The summed E-state index contributed by atoms with van der Waals surface area (Å²) >= 11 is 1.36. The van der Waals surface area contributed by atoms with Crippen molar-refractivity contribution in [2.75, 3.05) is 19.5 Å². The molecule has 0 saturated heterocycles. The number of anilines is 1. The summed E-state index contributed by atoms with van der Waals surface area (Å²) in [7, 11) is 3.22. The molecule has 8 heteroatoms. The maximum absolute atomic E-state index is 12.6. The van der Waals surface area contributed by atoms with Crippen molar-refractivity contribution >= 4 is 22.4 Å². The number of imidazole rings is 1. The van der Waals surface area contributed by atoms with Gasteiger partial charge in [-0.05, 0) is 35.9 Å². The summed E-state index contributed by atoms with van der Waals surface area (Å²) in [4.78, 5) is 21.2. The highest BCUT2D eigenvalue weighted by molar-refractivity contribution is 7.14. The Bertz CT molecular complexity index is 1140. The Hall–Kier alpha value is -3.65. The lowest BCUT2D eigenvalue weighted by molar-refractivity contribution is 0.102. The van der Waals surface area contributed by atoms with Crippen LogP contribution >= 0.6 is 11.3 Å². The molecule has 4 aromatic rings. The molecule has 30 heavy (non-hydrogen) atoms. The van der Waals surface area contributed by atoms with Gasteiger partial charge >= 0.3 is 0 Å². The summed E-state index contributed by atoms with van der Waals surface area (Å²) in [5, 5.41) is 5.25. The standard InChI is InChI=1S/C22H20N4O3S/c1-28-17-7-8-20(29-2)18(11-17)19-13-30-22(24-19)25-21(27)16-5-3-15(4-6-16)12-26-10-9-23-14-26/h3-11,13-14H,12H2,1-2H3,(H,24,25,27). The van der Waals surface area contributed by atoms with E-state index in [9.17, 15) is 4.79 Å². The molecule has 1 N–H and O–H groups in total. The summed E-state index contributed by atoms with van der Waals surface area (Å²) < 4.78 is 12.7. The molecule has 0 aliphatic carbocycles. The van der Waals surface area contributed by atoms with E-state index < -0.39 is 0 Å².